The first-order valence-corrected chi connectivity index (χ1v) is 8.07. The molecule has 0 saturated carbocycles. The van der Waals surface area contributed by atoms with Crippen molar-refractivity contribution in [2.45, 2.75) is 38.4 Å². The number of aryl methyl sites for hydroxylation is 1. The lowest BCUT2D eigenvalue weighted by Gasteiger charge is -2.16. The van der Waals surface area contributed by atoms with Gasteiger partial charge in [-0.05, 0) is 26.0 Å². The highest BCUT2D eigenvalue weighted by Gasteiger charge is 2.42. The van der Waals surface area contributed by atoms with E-state index in [0.717, 1.165) is 5.69 Å². The molecule has 1 aliphatic heterocycles. The Hall–Kier alpha value is -2.55. The molecule has 8 heteroatoms. The standard InChI is InChI=1S/C17H19N5O3/c1-9-3-5-11(6-4-9)21-15-12-16(19-7-18-15)22(8-20-12)17-14(24)13(23)10(2)25-17/h3-8,10,13-14,17,23-24H,1-2H3,(H,18,19,21). The lowest BCUT2D eigenvalue weighted by atomic mass is 10.1. The highest BCUT2D eigenvalue weighted by Crippen LogP contribution is 2.32. The largest absolute Gasteiger partial charge is 0.388 e. The van der Waals surface area contributed by atoms with Gasteiger partial charge in [0, 0.05) is 5.69 Å². The highest BCUT2D eigenvalue weighted by atomic mass is 16.6. The van der Waals surface area contributed by atoms with E-state index in [1.807, 2.05) is 31.2 Å². The van der Waals surface area contributed by atoms with E-state index in [-0.39, 0.29) is 0 Å². The van der Waals surface area contributed by atoms with Crippen LogP contribution in [0.3, 0.4) is 0 Å². The summed E-state index contributed by atoms with van der Waals surface area (Å²) in [7, 11) is 0. The van der Waals surface area contributed by atoms with E-state index in [1.165, 1.54) is 18.2 Å². The van der Waals surface area contributed by atoms with Crippen LogP contribution in [0.25, 0.3) is 11.2 Å². The zero-order valence-electron chi connectivity index (χ0n) is 13.9. The van der Waals surface area contributed by atoms with Crippen molar-refractivity contribution in [2.24, 2.45) is 0 Å². The molecule has 2 aromatic heterocycles. The van der Waals surface area contributed by atoms with E-state index >= 15 is 0 Å². The Morgan fingerprint density at radius 3 is 2.52 bits per heavy atom. The fourth-order valence-corrected chi connectivity index (χ4v) is 2.96. The van der Waals surface area contributed by atoms with Crippen LogP contribution >= 0.6 is 0 Å². The molecule has 3 heterocycles. The van der Waals surface area contributed by atoms with Crippen molar-refractivity contribution < 1.29 is 14.9 Å². The lowest BCUT2D eigenvalue weighted by molar-refractivity contribution is -0.0299. The van der Waals surface area contributed by atoms with E-state index in [2.05, 4.69) is 20.3 Å². The number of anilines is 2. The lowest BCUT2D eigenvalue weighted by Crippen LogP contribution is -2.30. The summed E-state index contributed by atoms with van der Waals surface area (Å²) in [6.07, 6.45) is -0.233. The van der Waals surface area contributed by atoms with E-state index in [1.54, 1.807) is 11.5 Å². The maximum absolute atomic E-state index is 10.2. The Labute approximate surface area is 144 Å². The molecule has 0 radical (unpaired) electrons. The molecule has 4 rings (SSSR count). The number of imidazole rings is 1. The Balaban J connectivity index is 1.70. The summed E-state index contributed by atoms with van der Waals surface area (Å²) in [5.41, 5.74) is 3.15. The Bertz CT molecular complexity index is 895. The fourth-order valence-electron chi connectivity index (χ4n) is 2.96. The Kier molecular flexibility index (Phi) is 3.87. The summed E-state index contributed by atoms with van der Waals surface area (Å²) < 4.78 is 7.27. The molecule has 25 heavy (non-hydrogen) atoms. The number of nitrogens with zero attached hydrogens (tertiary/aromatic N) is 4. The number of rotatable bonds is 3. The Morgan fingerprint density at radius 2 is 1.84 bits per heavy atom. The number of nitrogens with one attached hydrogen (secondary N) is 1. The molecule has 0 bridgehead atoms. The van der Waals surface area contributed by atoms with Crippen molar-refractivity contribution in [3.8, 4) is 0 Å². The molecule has 3 N–H and O–H groups in total. The number of aliphatic hydroxyl groups is 2. The molecular formula is C17H19N5O3. The monoisotopic (exact) mass is 341 g/mol. The number of fused-ring (bicyclic) bond motifs is 1. The SMILES string of the molecule is Cc1ccc(Nc2ncnc3c2ncn3C2OC(C)C(O)C2O)cc1. The van der Waals surface area contributed by atoms with Crippen LogP contribution in [0.1, 0.15) is 18.7 Å². The summed E-state index contributed by atoms with van der Waals surface area (Å²) in [6, 6.07) is 7.93. The minimum Gasteiger partial charge on any atom is -0.388 e. The van der Waals surface area contributed by atoms with Gasteiger partial charge in [-0.1, -0.05) is 17.7 Å². The van der Waals surface area contributed by atoms with Crippen LogP contribution in [-0.4, -0.2) is 48.0 Å². The molecule has 8 nitrogen and oxygen atoms in total. The molecule has 1 fully saturated rings. The van der Waals surface area contributed by atoms with Crippen LogP contribution in [0.15, 0.2) is 36.9 Å². The third kappa shape index (κ3) is 2.74. The van der Waals surface area contributed by atoms with Gasteiger partial charge in [-0.2, -0.15) is 0 Å². The van der Waals surface area contributed by atoms with Gasteiger partial charge in [-0.15, -0.1) is 0 Å². The third-order valence-corrected chi connectivity index (χ3v) is 4.42. The number of aliphatic hydroxyl groups excluding tert-OH is 2. The van der Waals surface area contributed by atoms with Crippen molar-refractivity contribution in [3.05, 3.63) is 42.5 Å². The second kappa shape index (κ2) is 6.07. The van der Waals surface area contributed by atoms with Gasteiger partial charge in [-0.25, -0.2) is 15.0 Å². The Morgan fingerprint density at radius 1 is 1.08 bits per heavy atom. The molecule has 1 saturated heterocycles. The minimum absolute atomic E-state index is 0.468. The smallest absolute Gasteiger partial charge is 0.167 e. The predicted molar refractivity (Wildman–Crippen MR) is 91.4 cm³/mol. The second-order valence-corrected chi connectivity index (χ2v) is 6.25. The molecule has 0 amide bonds. The second-order valence-electron chi connectivity index (χ2n) is 6.25. The van der Waals surface area contributed by atoms with Crippen molar-refractivity contribution >= 4 is 22.7 Å². The topological polar surface area (TPSA) is 105 Å². The average molecular weight is 341 g/mol. The van der Waals surface area contributed by atoms with Crippen LogP contribution < -0.4 is 5.32 Å². The van der Waals surface area contributed by atoms with Crippen LogP contribution in [-0.2, 0) is 4.74 Å². The molecule has 1 aromatic carbocycles. The van der Waals surface area contributed by atoms with Crippen LogP contribution in [0.5, 0.6) is 0 Å². The van der Waals surface area contributed by atoms with Crippen molar-refractivity contribution in [1.82, 2.24) is 19.5 Å². The number of aromatic nitrogens is 4. The van der Waals surface area contributed by atoms with Gasteiger partial charge < -0.3 is 20.3 Å². The van der Waals surface area contributed by atoms with Crippen molar-refractivity contribution in [1.29, 1.82) is 0 Å². The normalized spacial score (nSPS) is 26.2. The molecule has 130 valence electrons. The van der Waals surface area contributed by atoms with Crippen LogP contribution in [0, 0.1) is 6.92 Å². The van der Waals surface area contributed by atoms with E-state index in [0.29, 0.717) is 17.0 Å². The first kappa shape index (κ1) is 15.9. The van der Waals surface area contributed by atoms with Gasteiger partial charge in [0.1, 0.15) is 18.5 Å². The average Bonchev–Trinajstić information content (AvgIpc) is 3.14. The molecule has 4 atom stereocenters. The number of hydrogen-bond donors (Lipinski definition) is 3. The van der Waals surface area contributed by atoms with Gasteiger partial charge in [0.25, 0.3) is 0 Å². The van der Waals surface area contributed by atoms with E-state index < -0.39 is 24.5 Å². The first-order chi connectivity index (χ1) is 12.0. The maximum Gasteiger partial charge on any atom is 0.167 e. The van der Waals surface area contributed by atoms with Gasteiger partial charge in [-0.3, -0.25) is 4.57 Å². The fraction of sp³-hybridized carbons (Fsp3) is 0.353. The molecule has 0 spiro atoms. The zero-order chi connectivity index (χ0) is 17.6. The van der Waals surface area contributed by atoms with E-state index in [9.17, 15) is 10.2 Å². The number of benzene rings is 1. The maximum atomic E-state index is 10.2. The van der Waals surface area contributed by atoms with Crippen molar-refractivity contribution in [3.63, 3.8) is 0 Å². The van der Waals surface area contributed by atoms with Crippen LogP contribution in [0.2, 0.25) is 0 Å². The third-order valence-electron chi connectivity index (χ3n) is 4.42. The highest BCUT2D eigenvalue weighted by molar-refractivity contribution is 5.85. The van der Waals surface area contributed by atoms with Crippen molar-refractivity contribution in [2.75, 3.05) is 5.32 Å². The number of ether oxygens (including phenoxy) is 1. The summed E-state index contributed by atoms with van der Waals surface area (Å²) in [6.45, 7) is 3.74. The van der Waals surface area contributed by atoms with Gasteiger partial charge in [0.15, 0.2) is 23.2 Å². The van der Waals surface area contributed by atoms with Gasteiger partial charge in [0.05, 0.1) is 12.4 Å². The summed E-state index contributed by atoms with van der Waals surface area (Å²) in [5, 5.41) is 23.4. The van der Waals surface area contributed by atoms with E-state index in [4.69, 9.17) is 4.74 Å². The molecule has 4 unspecified atom stereocenters. The summed E-state index contributed by atoms with van der Waals surface area (Å²) in [5.74, 6) is 0.564. The summed E-state index contributed by atoms with van der Waals surface area (Å²) in [4.78, 5) is 12.9. The van der Waals surface area contributed by atoms with Crippen LogP contribution in [0.4, 0.5) is 11.5 Å². The van der Waals surface area contributed by atoms with Gasteiger partial charge >= 0.3 is 0 Å². The zero-order valence-corrected chi connectivity index (χ0v) is 13.9. The molecule has 1 aliphatic rings. The molecule has 3 aromatic rings. The number of hydrogen-bond acceptors (Lipinski definition) is 7. The molecule has 0 aliphatic carbocycles. The first-order valence-electron chi connectivity index (χ1n) is 8.07. The van der Waals surface area contributed by atoms with Gasteiger partial charge in [0.2, 0.25) is 0 Å². The molecular weight excluding hydrogens is 322 g/mol. The summed E-state index contributed by atoms with van der Waals surface area (Å²) >= 11 is 0. The predicted octanol–water partition coefficient (Wildman–Crippen LogP) is 1.52. The minimum atomic E-state index is -1.05. The quantitative estimate of drug-likeness (QED) is 0.663.